The van der Waals surface area contributed by atoms with Crippen LogP contribution >= 0.6 is 0 Å². The van der Waals surface area contributed by atoms with E-state index in [-0.39, 0.29) is 0 Å². The smallest absolute Gasteiger partial charge is 0.241 e. The number of carbonyl (C=O) groups excluding carboxylic acids is 1. The summed E-state index contributed by atoms with van der Waals surface area (Å²) >= 11 is 0. The van der Waals surface area contributed by atoms with Gasteiger partial charge < -0.3 is 30.2 Å². The number of pyridine rings is 1. The number of anilines is 3. The van der Waals surface area contributed by atoms with Gasteiger partial charge in [-0.15, -0.1) is 0 Å². The normalized spacial score (nSPS) is 19.5. The van der Waals surface area contributed by atoms with E-state index in [0.29, 0.717) is 35.3 Å². The van der Waals surface area contributed by atoms with Crippen molar-refractivity contribution in [2.75, 3.05) is 50.6 Å². The third kappa shape index (κ3) is 5.59. The number of nitrogens with one attached hydrogen (secondary N) is 1. The minimum absolute atomic E-state index is 0.436. The van der Waals surface area contributed by atoms with Crippen molar-refractivity contribution in [3.8, 4) is 28.1 Å². The van der Waals surface area contributed by atoms with E-state index in [4.69, 9.17) is 20.4 Å². The monoisotopic (exact) mass is 626 g/mol. The van der Waals surface area contributed by atoms with Crippen molar-refractivity contribution in [3.05, 3.63) is 85.0 Å². The van der Waals surface area contributed by atoms with E-state index in [9.17, 15) is 4.79 Å². The molecule has 10 heteroatoms. The molecule has 1 amide bonds. The van der Waals surface area contributed by atoms with Gasteiger partial charge >= 0.3 is 0 Å². The highest BCUT2D eigenvalue weighted by Gasteiger charge is 2.39. The van der Waals surface area contributed by atoms with Gasteiger partial charge in [-0.2, -0.15) is 0 Å². The standard InChI is InChI=1S/C37H38N8O2/c1-43-18-25-20-44(21-26(25)19-43)33-15-34(47-2)31(14-23(33)9-12-35(38)46)41-37-40-17-29(24-6-5-13-39-16-24)36(42-37)30-22-45(27-10-11-27)32-8-4-3-7-28(30)32/h3-9,12-17,22,25-27H,10-11,18-21H2,1-2H3,(H2,38,46)(H,40,41,42)/t25-,26+. The molecule has 10 nitrogen and oxygen atoms in total. The fourth-order valence-electron chi connectivity index (χ4n) is 7.41. The Hall–Kier alpha value is -5.22. The number of nitrogens with two attached hydrogens (primary N) is 1. The van der Waals surface area contributed by atoms with E-state index in [2.05, 4.69) is 62.2 Å². The van der Waals surface area contributed by atoms with Crippen LogP contribution in [0.4, 0.5) is 17.3 Å². The Balaban J connectivity index is 1.21. The van der Waals surface area contributed by atoms with E-state index in [1.807, 2.05) is 36.7 Å². The van der Waals surface area contributed by atoms with E-state index in [1.54, 1.807) is 19.4 Å². The molecule has 0 radical (unpaired) electrons. The zero-order valence-corrected chi connectivity index (χ0v) is 26.6. The number of likely N-dealkylation sites (tertiary alicyclic amines) is 1. The number of aromatic nitrogens is 4. The Kier molecular flexibility index (Phi) is 7.37. The molecule has 238 valence electrons. The zero-order chi connectivity index (χ0) is 32.1. The van der Waals surface area contributed by atoms with Crippen LogP contribution in [0.25, 0.3) is 39.4 Å². The number of amides is 1. The number of benzene rings is 2. The van der Waals surface area contributed by atoms with Crippen LogP contribution in [0.15, 0.2) is 79.4 Å². The lowest BCUT2D eigenvalue weighted by atomic mass is 10.0. The van der Waals surface area contributed by atoms with Gasteiger partial charge in [0, 0.05) is 108 Å². The van der Waals surface area contributed by atoms with Crippen LogP contribution in [0.2, 0.25) is 0 Å². The summed E-state index contributed by atoms with van der Waals surface area (Å²) in [4.78, 5) is 30.9. The van der Waals surface area contributed by atoms with Crippen molar-refractivity contribution in [3.63, 3.8) is 0 Å². The summed E-state index contributed by atoms with van der Waals surface area (Å²) in [7, 11) is 3.86. The second-order valence-electron chi connectivity index (χ2n) is 13.0. The number of fused-ring (bicyclic) bond motifs is 2. The fourth-order valence-corrected chi connectivity index (χ4v) is 7.41. The summed E-state index contributed by atoms with van der Waals surface area (Å²) in [5.74, 6) is 1.84. The summed E-state index contributed by atoms with van der Waals surface area (Å²) < 4.78 is 8.32. The second kappa shape index (κ2) is 11.9. The topological polar surface area (TPSA) is 114 Å². The molecule has 47 heavy (non-hydrogen) atoms. The molecule has 0 spiro atoms. The van der Waals surface area contributed by atoms with Gasteiger partial charge in [-0.1, -0.05) is 24.3 Å². The van der Waals surface area contributed by atoms with Gasteiger partial charge in [-0.3, -0.25) is 9.78 Å². The van der Waals surface area contributed by atoms with Gasteiger partial charge in [0.05, 0.1) is 18.5 Å². The minimum atomic E-state index is -0.495. The van der Waals surface area contributed by atoms with Crippen LogP contribution < -0.4 is 20.7 Å². The molecule has 2 aromatic carbocycles. The van der Waals surface area contributed by atoms with Gasteiger partial charge in [0.1, 0.15) is 5.75 Å². The minimum Gasteiger partial charge on any atom is -0.494 e. The predicted molar refractivity (Wildman–Crippen MR) is 186 cm³/mol. The fraction of sp³-hybridized carbons (Fsp3) is 0.297. The highest BCUT2D eigenvalue weighted by molar-refractivity contribution is 5.99. The quantitative estimate of drug-likeness (QED) is 0.199. The van der Waals surface area contributed by atoms with E-state index in [0.717, 1.165) is 65.2 Å². The van der Waals surface area contributed by atoms with Crippen LogP contribution in [0.5, 0.6) is 5.75 Å². The number of nitrogens with zero attached hydrogens (tertiary/aromatic N) is 6. The maximum absolute atomic E-state index is 11.8. The average molecular weight is 627 g/mol. The number of ether oxygens (including phenoxy) is 1. The molecule has 5 aromatic rings. The van der Waals surface area contributed by atoms with Crippen molar-refractivity contribution < 1.29 is 9.53 Å². The van der Waals surface area contributed by atoms with Crippen molar-refractivity contribution in [1.82, 2.24) is 24.4 Å². The summed E-state index contributed by atoms with van der Waals surface area (Å²) in [6.45, 7) is 4.11. The first-order chi connectivity index (χ1) is 22.9. The number of para-hydroxylation sites is 1. The van der Waals surface area contributed by atoms with E-state index >= 15 is 0 Å². The largest absolute Gasteiger partial charge is 0.494 e. The molecule has 1 aliphatic carbocycles. The number of primary amides is 1. The summed E-state index contributed by atoms with van der Waals surface area (Å²) in [5, 5.41) is 4.60. The Labute approximate surface area is 273 Å². The summed E-state index contributed by atoms with van der Waals surface area (Å²) in [5.41, 5.74) is 13.0. The number of methoxy groups -OCH3 is 1. The molecule has 0 bridgehead atoms. The molecule has 2 atom stereocenters. The van der Waals surface area contributed by atoms with E-state index < -0.39 is 5.91 Å². The molecule has 2 aliphatic heterocycles. The molecule has 2 saturated heterocycles. The second-order valence-corrected chi connectivity index (χ2v) is 13.0. The maximum atomic E-state index is 11.8. The lowest BCUT2D eigenvalue weighted by Crippen LogP contribution is -2.27. The van der Waals surface area contributed by atoms with Gasteiger partial charge in [0.15, 0.2) is 0 Å². The third-order valence-corrected chi connectivity index (χ3v) is 9.73. The number of hydrogen-bond donors (Lipinski definition) is 2. The molecule has 3 aromatic heterocycles. The zero-order valence-electron chi connectivity index (χ0n) is 26.6. The van der Waals surface area contributed by atoms with Gasteiger partial charge in [-0.25, -0.2) is 9.97 Å². The average Bonchev–Trinajstić information content (AvgIpc) is 3.61. The van der Waals surface area contributed by atoms with Gasteiger partial charge in [-0.05, 0) is 56.0 Å². The van der Waals surface area contributed by atoms with Crippen LogP contribution in [0.1, 0.15) is 24.4 Å². The summed E-state index contributed by atoms with van der Waals surface area (Å²) in [6.07, 6.45) is 13.3. The van der Waals surface area contributed by atoms with Crippen LogP contribution in [-0.2, 0) is 4.79 Å². The van der Waals surface area contributed by atoms with Crippen molar-refractivity contribution in [1.29, 1.82) is 0 Å². The Bertz CT molecular complexity index is 1990. The van der Waals surface area contributed by atoms with Crippen LogP contribution in [0.3, 0.4) is 0 Å². The molecular formula is C37H38N8O2. The molecule has 0 unspecified atom stereocenters. The Morgan fingerprint density at radius 2 is 1.83 bits per heavy atom. The molecule has 3 fully saturated rings. The number of rotatable bonds is 9. The number of hydrogen-bond acceptors (Lipinski definition) is 8. The molecule has 3 N–H and O–H groups in total. The van der Waals surface area contributed by atoms with E-state index in [1.165, 1.54) is 24.4 Å². The van der Waals surface area contributed by atoms with Crippen molar-refractivity contribution in [2.24, 2.45) is 17.6 Å². The van der Waals surface area contributed by atoms with Crippen molar-refractivity contribution >= 4 is 40.2 Å². The Morgan fingerprint density at radius 1 is 1.02 bits per heavy atom. The number of carbonyl (C=O) groups is 1. The first-order valence-corrected chi connectivity index (χ1v) is 16.2. The SMILES string of the molecule is COc1cc(N2C[C@H]3CN(C)C[C@H]3C2)c(C=CC(N)=O)cc1Nc1ncc(-c2cccnc2)c(-c2cn(C3CC3)c3ccccc23)n1. The summed E-state index contributed by atoms with van der Waals surface area (Å²) in [6, 6.07) is 17.0. The third-order valence-electron chi connectivity index (χ3n) is 9.73. The lowest BCUT2D eigenvalue weighted by molar-refractivity contribution is -0.113. The maximum Gasteiger partial charge on any atom is 0.241 e. The van der Waals surface area contributed by atoms with Crippen molar-refractivity contribution in [2.45, 2.75) is 18.9 Å². The highest BCUT2D eigenvalue weighted by Crippen LogP contribution is 2.44. The molecule has 1 saturated carbocycles. The molecular weight excluding hydrogens is 588 g/mol. The molecule has 5 heterocycles. The van der Waals surface area contributed by atoms with Gasteiger partial charge in [0.2, 0.25) is 11.9 Å². The highest BCUT2D eigenvalue weighted by atomic mass is 16.5. The lowest BCUT2D eigenvalue weighted by Gasteiger charge is -2.25. The van der Waals surface area contributed by atoms with Crippen LogP contribution in [-0.4, -0.2) is 70.7 Å². The van der Waals surface area contributed by atoms with Crippen LogP contribution in [0, 0.1) is 11.8 Å². The first kappa shape index (κ1) is 29.2. The Morgan fingerprint density at radius 3 is 2.55 bits per heavy atom. The predicted octanol–water partition coefficient (Wildman–Crippen LogP) is 5.74. The molecule has 8 rings (SSSR count). The first-order valence-electron chi connectivity index (χ1n) is 16.2. The molecule has 3 aliphatic rings. The van der Waals surface area contributed by atoms with Gasteiger partial charge in [0.25, 0.3) is 0 Å².